The third-order valence-electron chi connectivity index (χ3n) is 14.9. The van der Waals surface area contributed by atoms with Crippen molar-refractivity contribution in [1.82, 2.24) is 0 Å². The van der Waals surface area contributed by atoms with Crippen LogP contribution in [0, 0.1) is 0 Å². The topological polar surface area (TPSA) is 78.9 Å². The number of ether oxygens (including phenoxy) is 3. The molecule has 79 heavy (non-hydrogen) atoms. The van der Waals surface area contributed by atoms with Crippen LogP contribution in [0.2, 0.25) is 0 Å². The number of esters is 3. The highest BCUT2D eigenvalue weighted by Crippen LogP contribution is 2.17. The van der Waals surface area contributed by atoms with Gasteiger partial charge in [-0.15, -0.1) is 0 Å². The molecule has 0 amide bonds. The highest BCUT2D eigenvalue weighted by molar-refractivity contribution is 5.71. The number of allylic oxidation sites excluding steroid dienone is 14. The van der Waals surface area contributed by atoms with Crippen LogP contribution < -0.4 is 0 Å². The fraction of sp³-hybridized carbons (Fsp3) is 0.767. The first-order valence-electron chi connectivity index (χ1n) is 34.1. The van der Waals surface area contributed by atoms with E-state index in [2.05, 4.69) is 106 Å². The molecule has 0 aromatic rings. The maximum absolute atomic E-state index is 12.9. The standard InChI is InChI=1S/C73H128O6/c1-4-7-10-13-16-19-22-25-27-29-30-31-32-33-34-35-36-37-38-39-40-41-42-43-44-45-47-48-51-54-57-60-63-66-72(75)78-69-70(68-77-71(74)65-62-59-56-53-50-24-21-18-15-12-9-6-3)79-73(76)67-64-61-58-55-52-49-46-28-26-23-20-17-14-11-8-5-2/h7,10,16,19,25,27-28,30-31,33-34,36-37,46,70H,4-6,8-9,11-15,17-18,20-24,26,29,32,35,38-45,47-69H2,1-3H3/b10-7-,19-16-,27-25-,31-30-,34-33-,37-36-,46-28-. The molecule has 6 nitrogen and oxygen atoms in total. The largest absolute Gasteiger partial charge is 0.462 e. The molecule has 0 aliphatic carbocycles. The minimum absolute atomic E-state index is 0.0745. The van der Waals surface area contributed by atoms with Gasteiger partial charge in [-0.25, -0.2) is 0 Å². The van der Waals surface area contributed by atoms with Crippen LogP contribution in [0.5, 0.6) is 0 Å². The summed E-state index contributed by atoms with van der Waals surface area (Å²) in [6.07, 6.45) is 88.9. The van der Waals surface area contributed by atoms with E-state index >= 15 is 0 Å². The number of hydrogen-bond acceptors (Lipinski definition) is 6. The van der Waals surface area contributed by atoms with Gasteiger partial charge in [0.1, 0.15) is 13.2 Å². The van der Waals surface area contributed by atoms with Crippen molar-refractivity contribution in [2.24, 2.45) is 0 Å². The second-order valence-corrected chi connectivity index (χ2v) is 22.7. The Hall–Kier alpha value is -3.41. The average molecular weight is 1100 g/mol. The van der Waals surface area contributed by atoms with Gasteiger partial charge in [-0.3, -0.25) is 14.4 Å². The Labute approximate surface area is 490 Å². The summed E-state index contributed by atoms with van der Waals surface area (Å²) < 4.78 is 16.9. The average Bonchev–Trinajstić information content (AvgIpc) is 3.45. The maximum atomic E-state index is 12.9. The lowest BCUT2D eigenvalue weighted by Crippen LogP contribution is -2.30. The first-order chi connectivity index (χ1) is 39.0. The summed E-state index contributed by atoms with van der Waals surface area (Å²) in [5.74, 6) is -0.867. The molecule has 0 saturated heterocycles. The third kappa shape index (κ3) is 65.3. The molecule has 0 aliphatic rings. The van der Waals surface area contributed by atoms with E-state index < -0.39 is 6.10 Å². The van der Waals surface area contributed by atoms with Crippen molar-refractivity contribution in [3.05, 3.63) is 85.1 Å². The lowest BCUT2D eigenvalue weighted by molar-refractivity contribution is -0.167. The zero-order valence-electron chi connectivity index (χ0n) is 52.4. The minimum Gasteiger partial charge on any atom is -0.462 e. The summed E-state index contributed by atoms with van der Waals surface area (Å²) in [5, 5.41) is 0. The van der Waals surface area contributed by atoms with Crippen LogP contribution in [0.1, 0.15) is 342 Å². The van der Waals surface area contributed by atoms with E-state index in [9.17, 15) is 14.4 Å². The van der Waals surface area contributed by atoms with Crippen molar-refractivity contribution in [2.45, 2.75) is 348 Å². The summed E-state index contributed by atoms with van der Waals surface area (Å²) in [6.45, 7) is 6.55. The molecule has 0 aliphatic heterocycles. The molecule has 0 saturated carbocycles. The van der Waals surface area contributed by atoms with E-state index in [1.165, 1.54) is 199 Å². The van der Waals surface area contributed by atoms with Gasteiger partial charge in [0.25, 0.3) is 0 Å². The molecule has 0 radical (unpaired) electrons. The van der Waals surface area contributed by atoms with Gasteiger partial charge >= 0.3 is 17.9 Å². The summed E-state index contributed by atoms with van der Waals surface area (Å²) >= 11 is 0. The molecule has 0 N–H and O–H groups in total. The van der Waals surface area contributed by atoms with E-state index in [4.69, 9.17) is 14.2 Å². The number of unbranched alkanes of at least 4 members (excludes halogenated alkanes) is 37. The molecule has 1 unspecified atom stereocenters. The first kappa shape index (κ1) is 75.6. The lowest BCUT2D eigenvalue weighted by atomic mass is 10.0. The van der Waals surface area contributed by atoms with Crippen LogP contribution in [0.4, 0.5) is 0 Å². The molecule has 6 heteroatoms. The number of carbonyl (C=O) groups is 3. The van der Waals surface area contributed by atoms with E-state index in [0.29, 0.717) is 19.3 Å². The van der Waals surface area contributed by atoms with Crippen molar-refractivity contribution in [1.29, 1.82) is 0 Å². The van der Waals surface area contributed by atoms with Gasteiger partial charge < -0.3 is 14.2 Å². The molecule has 0 heterocycles. The highest BCUT2D eigenvalue weighted by Gasteiger charge is 2.19. The van der Waals surface area contributed by atoms with Gasteiger partial charge in [-0.05, 0) is 96.3 Å². The predicted octanol–water partition coefficient (Wildman–Crippen LogP) is 23.4. The molecule has 0 rings (SSSR count). The fourth-order valence-corrected chi connectivity index (χ4v) is 9.80. The van der Waals surface area contributed by atoms with Gasteiger partial charge in [0.05, 0.1) is 0 Å². The lowest BCUT2D eigenvalue weighted by Gasteiger charge is -2.18. The van der Waals surface area contributed by atoms with Crippen molar-refractivity contribution in [3.63, 3.8) is 0 Å². The van der Waals surface area contributed by atoms with E-state index in [0.717, 1.165) is 103 Å². The Kier molecular flexibility index (Phi) is 64.2. The van der Waals surface area contributed by atoms with Gasteiger partial charge in [-0.2, -0.15) is 0 Å². The second-order valence-electron chi connectivity index (χ2n) is 22.7. The molecule has 0 aromatic carbocycles. The number of hydrogen-bond donors (Lipinski definition) is 0. The Morgan fingerprint density at radius 2 is 0.494 bits per heavy atom. The molecule has 456 valence electrons. The van der Waals surface area contributed by atoms with Crippen molar-refractivity contribution in [3.8, 4) is 0 Å². The van der Waals surface area contributed by atoms with E-state index in [1.807, 2.05) is 0 Å². The highest BCUT2D eigenvalue weighted by atomic mass is 16.6. The van der Waals surface area contributed by atoms with Crippen molar-refractivity contribution in [2.75, 3.05) is 13.2 Å². The Morgan fingerprint density at radius 3 is 0.785 bits per heavy atom. The van der Waals surface area contributed by atoms with Crippen LogP contribution in [-0.4, -0.2) is 37.2 Å². The Balaban J connectivity index is 4.17. The van der Waals surface area contributed by atoms with Crippen LogP contribution in [0.15, 0.2) is 85.1 Å². The molecule has 1 atom stereocenters. The quantitative estimate of drug-likeness (QED) is 0.0261. The number of rotatable bonds is 62. The molecule has 0 spiro atoms. The van der Waals surface area contributed by atoms with E-state index in [1.54, 1.807) is 0 Å². The van der Waals surface area contributed by atoms with Gasteiger partial charge in [0, 0.05) is 19.3 Å². The molecular weight excluding hydrogens is 973 g/mol. The third-order valence-corrected chi connectivity index (χ3v) is 14.9. The Bertz CT molecular complexity index is 1500. The first-order valence-corrected chi connectivity index (χ1v) is 34.1. The van der Waals surface area contributed by atoms with Crippen molar-refractivity contribution < 1.29 is 28.6 Å². The van der Waals surface area contributed by atoms with Crippen LogP contribution in [-0.2, 0) is 28.6 Å². The molecule has 0 bridgehead atoms. The molecule has 0 aromatic heterocycles. The van der Waals surface area contributed by atoms with Crippen molar-refractivity contribution >= 4 is 17.9 Å². The van der Waals surface area contributed by atoms with Crippen LogP contribution in [0.25, 0.3) is 0 Å². The SMILES string of the molecule is CC/C=C\C/C=C\C/C=C\C/C=C\C/C=C\C/C=C\CCCCCCCCCCCCCCCCC(=O)OCC(COC(=O)CCCCCCCCCCCCCC)OC(=O)CCCCCCC/C=C\CCCCCCCCC. The smallest absolute Gasteiger partial charge is 0.306 e. The zero-order chi connectivity index (χ0) is 57.1. The summed E-state index contributed by atoms with van der Waals surface area (Å²) in [5.41, 5.74) is 0. The molecule has 0 fully saturated rings. The monoisotopic (exact) mass is 1100 g/mol. The van der Waals surface area contributed by atoms with E-state index in [-0.39, 0.29) is 31.1 Å². The van der Waals surface area contributed by atoms with Crippen LogP contribution in [0.3, 0.4) is 0 Å². The zero-order valence-corrected chi connectivity index (χ0v) is 52.4. The second kappa shape index (κ2) is 67.1. The summed E-state index contributed by atoms with van der Waals surface area (Å²) in [6, 6.07) is 0. The predicted molar refractivity (Wildman–Crippen MR) is 344 cm³/mol. The summed E-state index contributed by atoms with van der Waals surface area (Å²) in [7, 11) is 0. The maximum Gasteiger partial charge on any atom is 0.306 e. The van der Waals surface area contributed by atoms with Gasteiger partial charge in [-0.1, -0.05) is 311 Å². The Morgan fingerprint density at radius 1 is 0.266 bits per heavy atom. The van der Waals surface area contributed by atoms with Crippen LogP contribution >= 0.6 is 0 Å². The van der Waals surface area contributed by atoms with Gasteiger partial charge in [0.15, 0.2) is 6.10 Å². The minimum atomic E-state index is -0.778. The normalized spacial score (nSPS) is 12.6. The van der Waals surface area contributed by atoms with Gasteiger partial charge in [0.2, 0.25) is 0 Å². The molecular formula is C73H128O6. The number of carbonyl (C=O) groups excluding carboxylic acids is 3. The summed E-state index contributed by atoms with van der Waals surface area (Å²) in [4.78, 5) is 38.3. The fourth-order valence-electron chi connectivity index (χ4n) is 9.80.